The molecule has 0 spiro atoms. The second-order valence-corrected chi connectivity index (χ2v) is 20.5. The summed E-state index contributed by atoms with van der Waals surface area (Å²) in [6, 6.07) is 0. The summed E-state index contributed by atoms with van der Waals surface area (Å²) in [5.74, 6) is -1.11. The van der Waals surface area contributed by atoms with E-state index in [9.17, 15) is 14.4 Å². The van der Waals surface area contributed by atoms with Gasteiger partial charge in [-0.05, 0) is 148 Å². The summed E-state index contributed by atoms with van der Waals surface area (Å²) in [7, 11) is 0. The minimum absolute atomic E-state index is 0.109. The monoisotopic (exact) mass is 1140 g/mol. The highest BCUT2D eigenvalue weighted by Crippen LogP contribution is 2.13. The van der Waals surface area contributed by atoms with E-state index in [1.807, 2.05) is 6.08 Å². The lowest BCUT2D eigenvalue weighted by atomic mass is 10.1. The van der Waals surface area contributed by atoms with Gasteiger partial charge in [-0.1, -0.05) is 279 Å². The topological polar surface area (TPSA) is 78.9 Å². The fourth-order valence-electron chi connectivity index (χ4n) is 8.05. The smallest absolute Gasteiger partial charge is 0.309 e. The van der Waals surface area contributed by atoms with Crippen LogP contribution < -0.4 is 0 Å². The maximum absolute atomic E-state index is 12.9. The van der Waals surface area contributed by atoms with Gasteiger partial charge < -0.3 is 14.2 Å². The molecule has 83 heavy (non-hydrogen) atoms. The van der Waals surface area contributed by atoms with Crippen molar-refractivity contribution in [3.8, 4) is 0 Å². The van der Waals surface area contributed by atoms with E-state index in [0.717, 1.165) is 180 Å². The largest absolute Gasteiger partial charge is 0.462 e. The SMILES string of the molecule is CC/C=C\C/C=C\C/C=C\C/C=C\C/C=C\C/C=C\CCCCCCCCC(=O)OCC(COC(=O)C/C=C\C/C=C\C/C=C\C/C=C\C/C=C\CC)OC(=O)CCCCCCCC/C=C\C/C=C\C/C=C\C/C=C\C/C=C\C/C=C\CC. The zero-order valence-electron chi connectivity index (χ0n) is 52.6. The van der Waals surface area contributed by atoms with Crippen molar-refractivity contribution in [3.63, 3.8) is 0 Å². The molecule has 0 fully saturated rings. The zero-order valence-corrected chi connectivity index (χ0v) is 52.6. The van der Waals surface area contributed by atoms with E-state index in [-0.39, 0.29) is 38.0 Å². The summed E-state index contributed by atoms with van der Waals surface area (Å²) < 4.78 is 16.8. The van der Waals surface area contributed by atoms with Crippen molar-refractivity contribution in [1.82, 2.24) is 0 Å². The molecule has 1 atom stereocenters. The van der Waals surface area contributed by atoms with Gasteiger partial charge in [0.25, 0.3) is 0 Å². The first-order valence-corrected chi connectivity index (χ1v) is 32.6. The summed E-state index contributed by atoms with van der Waals surface area (Å²) in [6.45, 7) is 6.17. The van der Waals surface area contributed by atoms with Crippen molar-refractivity contribution in [1.29, 1.82) is 0 Å². The van der Waals surface area contributed by atoms with Gasteiger partial charge in [0.1, 0.15) is 13.2 Å². The lowest BCUT2D eigenvalue weighted by Gasteiger charge is -2.18. The second kappa shape index (κ2) is 68.5. The van der Waals surface area contributed by atoms with Crippen LogP contribution >= 0.6 is 0 Å². The average molecular weight is 1140 g/mol. The van der Waals surface area contributed by atoms with Gasteiger partial charge in [-0.3, -0.25) is 14.4 Å². The van der Waals surface area contributed by atoms with E-state index in [1.54, 1.807) is 6.08 Å². The molecule has 0 aliphatic heterocycles. The van der Waals surface area contributed by atoms with Crippen LogP contribution in [0.1, 0.15) is 239 Å². The van der Waals surface area contributed by atoms with Gasteiger partial charge in [-0.15, -0.1) is 0 Å². The molecule has 6 heteroatoms. The van der Waals surface area contributed by atoms with Crippen molar-refractivity contribution in [2.75, 3.05) is 13.2 Å². The summed E-state index contributed by atoms with van der Waals surface area (Å²) in [5, 5.41) is 0. The molecule has 0 radical (unpaired) electrons. The molecule has 0 aliphatic rings. The number of hydrogen-bond acceptors (Lipinski definition) is 6. The number of allylic oxidation sites excluding steroid dienone is 33. The van der Waals surface area contributed by atoms with E-state index < -0.39 is 12.1 Å². The minimum Gasteiger partial charge on any atom is -0.462 e. The highest BCUT2D eigenvalue weighted by molar-refractivity contribution is 5.72. The third-order valence-corrected chi connectivity index (χ3v) is 12.8. The van der Waals surface area contributed by atoms with Crippen LogP contribution in [0.5, 0.6) is 0 Å². The lowest BCUT2D eigenvalue weighted by molar-refractivity contribution is -0.166. The number of rotatable bonds is 56. The number of unbranched alkanes of at least 4 members (excludes halogenated alkanes) is 12. The van der Waals surface area contributed by atoms with Gasteiger partial charge in [0, 0.05) is 12.8 Å². The Hall–Kier alpha value is -6.01. The Kier molecular flexibility index (Phi) is 63.5. The molecule has 0 N–H and O–H groups in total. The van der Waals surface area contributed by atoms with Crippen LogP contribution in [-0.2, 0) is 28.6 Å². The van der Waals surface area contributed by atoms with Crippen LogP contribution in [-0.4, -0.2) is 37.2 Å². The Labute approximate surface area is 509 Å². The number of hydrogen-bond donors (Lipinski definition) is 0. The number of esters is 3. The highest BCUT2D eigenvalue weighted by atomic mass is 16.6. The van der Waals surface area contributed by atoms with E-state index in [4.69, 9.17) is 14.2 Å². The maximum atomic E-state index is 12.9. The van der Waals surface area contributed by atoms with Gasteiger partial charge in [-0.25, -0.2) is 0 Å². The fraction of sp³-hybridized carbons (Fsp3) is 0.519. The average Bonchev–Trinajstić information content (AvgIpc) is 3.49. The van der Waals surface area contributed by atoms with Crippen LogP contribution in [0.15, 0.2) is 207 Å². The number of ether oxygens (including phenoxy) is 3. The molecular formula is C77H116O6. The summed E-state index contributed by atoms with van der Waals surface area (Å²) in [4.78, 5) is 38.3. The second-order valence-electron chi connectivity index (χ2n) is 20.5. The molecule has 0 rings (SSSR count). The Morgan fingerprint density at radius 2 is 0.482 bits per heavy atom. The normalized spacial score (nSPS) is 13.5. The number of carbonyl (C=O) groups is 3. The first-order chi connectivity index (χ1) is 41.0. The van der Waals surface area contributed by atoms with Crippen molar-refractivity contribution >= 4 is 17.9 Å². The molecule has 0 amide bonds. The third-order valence-electron chi connectivity index (χ3n) is 12.8. The van der Waals surface area contributed by atoms with Crippen LogP contribution in [0.3, 0.4) is 0 Å². The summed E-state index contributed by atoms with van der Waals surface area (Å²) >= 11 is 0. The summed E-state index contributed by atoms with van der Waals surface area (Å²) in [5.41, 5.74) is 0. The predicted octanol–water partition coefficient (Wildman–Crippen LogP) is 22.8. The van der Waals surface area contributed by atoms with Gasteiger partial charge >= 0.3 is 17.9 Å². The van der Waals surface area contributed by atoms with E-state index in [0.29, 0.717) is 6.42 Å². The fourth-order valence-corrected chi connectivity index (χ4v) is 8.05. The van der Waals surface area contributed by atoms with E-state index in [1.165, 1.54) is 19.3 Å². The molecule has 0 saturated heterocycles. The zero-order chi connectivity index (χ0) is 59.9. The van der Waals surface area contributed by atoms with Crippen molar-refractivity contribution in [3.05, 3.63) is 207 Å². The molecule has 460 valence electrons. The molecular weight excluding hydrogens is 1020 g/mol. The molecule has 0 saturated carbocycles. The Morgan fingerprint density at radius 1 is 0.253 bits per heavy atom. The van der Waals surface area contributed by atoms with Crippen molar-refractivity contribution in [2.24, 2.45) is 0 Å². The quantitative estimate of drug-likeness (QED) is 0.0261. The molecule has 0 heterocycles. The first kappa shape index (κ1) is 77.0. The molecule has 0 bridgehead atoms. The van der Waals surface area contributed by atoms with Crippen LogP contribution in [0.25, 0.3) is 0 Å². The summed E-state index contributed by atoms with van der Waals surface area (Å²) in [6.07, 6.45) is 106. The van der Waals surface area contributed by atoms with Gasteiger partial charge in [0.2, 0.25) is 0 Å². The first-order valence-electron chi connectivity index (χ1n) is 32.6. The minimum atomic E-state index is -0.848. The number of carbonyl (C=O) groups excluding carboxylic acids is 3. The van der Waals surface area contributed by atoms with Crippen LogP contribution in [0.4, 0.5) is 0 Å². The highest BCUT2D eigenvalue weighted by Gasteiger charge is 2.19. The lowest BCUT2D eigenvalue weighted by Crippen LogP contribution is -2.30. The Bertz CT molecular complexity index is 2030. The molecule has 0 aromatic carbocycles. The van der Waals surface area contributed by atoms with E-state index >= 15 is 0 Å². The molecule has 0 aromatic rings. The maximum Gasteiger partial charge on any atom is 0.309 e. The standard InChI is InChI=1S/C77H116O6/c1-4-7-10-13-16-19-22-25-28-30-32-34-36-38-40-42-44-46-49-52-55-58-61-64-67-70-76(79)82-73-74(72-81-75(78)69-66-63-60-57-54-51-48-27-24-21-18-15-12-9-6-3)83-77(80)71-68-65-62-59-56-53-50-47-45-43-41-39-37-35-33-31-29-26-23-20-17-14-11-8-5-2/h7-12,16-21,25-29,32-35,38-41,44-48,54,57,63,66,74H,4-6,13-15,22-24,30-31,36-37,42-43,49-53,55-56,58-62,64-65,67-73H2,1-3H3/b10-7-,11-8-,12-9-,19-16-,20-17-,21-18-,28-25-,29-26-,34-32-,35-33-,40-38-,41-39-,46-44-,47-45-,48-27-,57-54-,66-63-. The predicted molar refractivity (Wildman–Crippen MR) is 361 cm³/mol. The van der Waals surface area contributed by atoms with Crippen molar-refractivity contribution < 1.29 is 28.6 Å². The van der Waals surface area contributed by atoms with E-state index in [2.05, 4.69) is 215 Å². The Morgan fingerprint density at radius 3 is 0.783 bits per heavy atom. The molecule has 0 aliphatic carbocycles. The van der Waals surface area contributed by atoms with Crippen molar-refractivity contribution in [2.45, 2.75) is 245 Å². The third kappa shape index (κ3) is 66.7. The molecule has 1 unspecified atom stereocenters. The van der Waals surface area contributed by atoms with Gasteiger partial charge in [-0.2, -0.15) is 0 Å². The van der Waals surface area contributed by atoms with Crippen LogP contribution in [0.2, 0.25) is 0 Å². The molecule has 0 aromatic heterocycles. The molecule has 6 nitrogen and oxygen atoms in total. The Balaban J connectivity index is 4.55. The van der Waals surface area contributed by atoms with Gasteiger partial charge in [0.15, 0.2) is 6.10 Å². The van der Waals surface area contributed by atoms with Gasteiger partial charge in [0.05, 0.1) is 6.42 Å². The van der Waals surface area contributed by atoms with Crippen LogP contribution in [0, 0.1) is 0 Å².